The maximum absolute atomic E-state index is 14.0. The Kier molecular flexibility index (Phi) is 7.14. The Hall–Kier alpha value is -1.50. The minimum absolute atomic E-state index is 0.0760. The van der Waals surface area contributed by atoms with Crippen molar-refractivity contribution in [1.82, 2.24) is 5.32 Å². The third-order valence-corrected chi connectivity index (χ3v) is 7.83. The highest BCUT2D eigenvalue weighted by Gasteiger charge is 2.65. The molecule has 6 heteroatoms. The summed E-state index contributed by atoms with van der Waals surface area (Å²) in [5, 5.41) is 24.3. The highest BCUT2D eigenvalue weighted by Crippen LogP contribution is 2.55. The molecule has 3 N–H and O–H groups in total. The Bertz CT molecular complexity index is 772. The minimum Gasteiger partial charge on any atom is -0.390 e. The van der Waals surface area contributed by atoms with Gasteiger partial charge in [-0.2, -0.15) is 0 Å². The second-order valence-corrected chi connectivity index (χ2v) is 10.3. The van der Waals surface area contributed by atoms with E-state index >= 15 is 0 Å². The molecule has 3 aliphatic rings. The van der Waals surface area contributed by atoms with E-state index in [-0.39, 0.29) is 41.9 Å². The molecule has 1 fully saturated rings. The fourth-order valence-electron chi connectivity index (χ4n) is 6.08. The highest BCUT2D eigenvalue weighted by atomic mass is 16.5. The van der Waals surface area contributed by atoms with Crippen LogP contribution in [0.25, 0.3) is 0 Å². The molecule has 174 valence electrons. The predicted molar refractivity (Wildman–Crippen MR) is 119 cm³/mol. The smallest absolute Gasteiger partial charge is 0.235 e. The molecule has 0 aromatic rings. The van der Waals surface area contributed by atoms with Crippen molar-refractivity contribution in [2.45, 2.75) is 84.7 Å². The number of carbonyl (C=O) groups excluding carboxylic acids is 2. The summed E-state index contributed by atoms with van der Waals surface area (Å²) in [6.45, 7) is 10.4. The van der Waals surface area contributed by atoms with Crippen molar-refractivity contribution in [3.63, 3.8) is 0 Å². The number of nitrogens with one attached hydrogen (secondary N) is 1. The van der Waals surface area contributed by atoms with Gasteiger partial charge in [-0.15, -0.1) is 0 Å². The Morgan fingerprint density at radius 3 is 2.52 bits per heavy atom. The average molecular weight is 434 g/mol. The van der Waals surface area contributed by atoms with E-state index in [1.54, 1.807) is 0 Å². The van der Waals surface area contributed by atoms with Gasteiger partial charge in [0.1, 0.15) is 11.5 Å². The first-order valence-corrected chi connectivity index (χ1v) is 11.6. The molecule has 0 unspecified atom stereocenters. The fraction of sp³-hybridized carbons (Fsp3) is 0.760. The van der Waals surface area contributed by atoms with Crippen molar-refractivity contribution in [1.29, 1.82) is 0 Å². The summed E-state index contributed by atoms with van der Waals surface area (Å²) < 4.78 is 5.45. The van der Waals surface area contributed by atoms with Gasteiger partial charge < -0.3 is 20.3 Å². The number of carbonyl (C=O) groups is 2. The second-order valence-electron chi connectivity index (χ2n) is 10.3. The van der Waals surface area contributed by atoms with Crippen LogP contribution in [-0.4, -0.2) is 53.4 Å². The van der Waals surface area contributed by atoms with Crippen LogP contribution in [0.3, 0.4) is 0 Å². The molecule has 0 saturated carbocycles. The number of amides is 1. The van der Waals surface area contributed by atoms with E-state index in [9.17, 15) is 19.8 Å². The molecule has 2 aliphatic carbocycles. The molecule has 6 nitrogen and oxygen atoms in total. The van der Waals surface area contributed by atoms with Crippen LogP contribution in [0.1, 0.15) is 60.3 Å². The van der Waals surface area contributed by atoms with Crippen LogP contribution in [0.15, 0.2) is 23.3 Å². The van der Waals surface area contributed by atoms with Gasteiger partial charge in [0.2, 0.25) is 5.91 Å². The molecule has 1 heterocycles. The summed E-state index contributed by atoms with van der Waals surface area (Å²) in [6.07, 6.45) is 2.79. The number of aliphatic hydroxyl groups is 2. The number of Topliss-reactive ketones (excluding diaryl/α,β-unsaturated/α-hetero) is 1. The molecule has 0 radical (unpaired) electrons. The van der Waals surface area contributed by atoms with Crippen molar-refractivity contribution < 1.29 is 24.5 Å². The number of aliphatic hydroxyl groups excluding tert-OH is 2. The van der Waals surface area contributed by atoms with Gasteiger partial charge in [0.25, 0.3) is 0 Å². The van der Waals surface area contributed by atoms with Crippen molar-refractivity contribution in [3.05, 3.63) is 23.3 Å². The Morgan fingerprint density at radius 2 is 1.90 bits per heavy atom. The number of ketones is 1. The summed E-state index contributed by atoms with van der Waals surface area (Å²) >= 11 is 0. The summed E-state index contributed by atoms with van der Waals surface area (Å²) in [6, 6.07) is -0.0760. The first-order valence-electron chi connectivity index (χ1n) is 11.6. The summed E-state index contributed by atoms with van der Waals surface area (Å²) in [7, 11) is 1.44. The molecule has 1 aliphatic heterocycles. The van der Waals surface area contributed by atoms with Gasteiger partial charge in [-0.1, -0.05) is 44.1 Å². The van der Waals surface area contributed by atoms with Gasteiger partial charge in [-0.05, 0) is 44.9 Å². The third kappa shape index (κ3) is 4.14. The van der Waals surface area contributed by atoms with E-state index in [1.165, 1.54) is 12.7 Å². The number of allylic oxidation sites excluding steroid dienone is 4. The molecular weight excluding hydrogens is 394 g/mol. The fourth-order valence-corrected chi connectivity index (χ4v) is 6.08. The van der Waals surface area contributed by atoms with Crippen molar-refractivity contribution in [3.8, 4) is 0 Å². The van der Waals surface area contributed by atoms with Crippen LogP contribution < -0.4 is 5.32 Å². The van der Waals surface area contributed by atoms with E-state index < -0.39 is 23.7 Å². The Labute approximate surface area is 186 Å². The standard InChI is InChI=1S/C25H39NO5/c1-13(2)9-18-22-16(5)15(4)11-17-10-14(3)7-8-19(27)23(29)20(31-6)12-21(28)25(17,22)24(30)26-18/h10-11,13,16-20,22-23,27,29H,7-9,12H2,1-6H3,(H,26,30)/b14-10+/t16-,17+,18-,19+,20-,22+,23+,25+/m1/s1. The first-order chi connectivity index (χ1) is 14.5. The van der Waals surface area contributed by atoms with Crippen LogP contribution in [0.5, 0.6) is 0 Å². The molecule has 0 bridgehead atoms. The number of ether oxygens (including phenoxy) is 1. The summed E-state index contributed by atoms with van der Waals surface area (Å²) in [5.41, 5.74) is 0.994. The van der Waals surface area contributed by atoms with Gasteiger partial charge in [-0.25, -0.2) is 0 Å². The number of hydrogen-bond acceptors (Lipinski definition) is 5. The van der Waals surface area contributed by atoms with Crippen LogP contribution in [-0.2, 0) is 14.3 Å². The van der Waals surface area contributed by atoms with Crippen LogP contribution >= 0.6 is 0 Å². The maximum atomic E-state index is 14.0. The average Bonchev–Trinajstić information content (AvgIpc) is 2.98. The van der Waals surface area contributed by atoms with Crippen molar-refractivity contribution >= 4 is 11.7 Å². The molecule has 0 aromatic heterocycles. The number of hydrogen-bond donors (Lipinski definition) is 3. The van der Waals surface area contributed by atoms with Gasteiger partial charge >= 0.3 is 0 Å². The second kappa shape index (κ2) is 9.16. The van der Waals surface area contributed by atoms with E-state index in [4.69, 9.17) is 4.74 Å². The normalized spacial score (nSPS) is 43.3. The van der Waals surface area contributed by atoms with E-state index in [1.807, 2.05) is 13.0 Å². The summed E-state index contributed by atoms with van der Waals surface area (Å²) in [5.74, 6) is -0.445. The molecule has 31 heavy (non-hydrogen) atoms. The molecule has 0 aromatic carbocycles. The van der Waals surface area contributed by atoms with Gasteiger partial charge in [0.05, 0.1) is 12.2 Å². The van der Waals surface area contributed by atoms with E-state index in [2.05, 4.69) is 39.1 Å². The van der Waals surface area contributed by atoms with Crippen molar-refractivity contribution in [2.75, 3.05) is 7.11 Å². The third-order valence-electron chi connectivity index (χ3n) is 7.83. The van der Waals surface area contributed by atoms with Crippen LogP contribution in [0.4, 0.5) is 0 Å². The lowest BCUT2D eigenvalue weighted by Crippen LogP contribution is -2.54. The topological polar surface area (TPSA) is 95.9 Å². The zero-order valence-electron chi connectivity index (χ0n) is 19.7. The van der Waals surface area contributed by atoms with Crippen LogP contribution in [0.2, 0.25) is 0 Å². The van der Waals surface area contributed by atoms with Gasteiger partial charge in [0, 0.05) is 31.4 Å². The maximum Gasteiger partial charge on any atom is 0.235 e. The Morgan fingerprint density at radius 1 is 1.23 bits per heavy atom. The minimum atomic E-state index is -1.22. The zero-order valence-corrected chi connectivity index (χ0v) is 19.7. The molecule has 1 spiro atoms. The predicted octanol–water partition coefficient (Wildman–Crippen LogP) is 2.78. The van der Waals surface area contributed by atoms with Crippen LogP contribution in [0, 0.1) is 29.1 Å². The van der Waals surface area contributed by atoms with Gasteiger partial charge in [0.15, 0.2) is 5.78 Å². The Balaban J connectivity index is 2.19. The molecular formula is C25H39NO5. The molecule has 1 amide bonds. The highest BCUT2D eigenvalue weighted by molar-refractivity contribution is 6.09. The van der Waals surface area contributed by atoms with E-state index in [0.29, 0.717) is 18.8 Å². The molecule has 3 rings (SSSR count). The number of methoxy groups -OCH3 is 1. The first kappa shape index (κ1) is 24.1. The van der Waals surface area contributed by atoms with Crippen molar-refractivity contribution in [2.24, 2.45) is 29.1 Å². The lowest BCUT2D eigenvalue weighted by molar-refractivity contribution is -0.149. The molecule has 1 saturated heterocycles. The monoisotopic (exact) mass is 433 g/mol. The van der Waals surface area contributed by atoms with E-state index in [0.717, 1.165) is 12.0 Å². The lowest BCUT2D eigenvalue weighted by atomic mass is 9.54. The quantitative estimate of drug-likeness (QED) is 0.470. The lowest BCUT2D eigenvalue weighted by Gasteiger charge is -2.45. The molecule has 8 atom stereocenters. The SMILES string of the molecule is CO[C@@H]1CC(=O)[C@]23C(=O)N[C@H](CC(C)C)[C@@H]2[C@H](C)C(C)=C[C@@H]3/C=C(\C)CC[C@H](O)[C@@H]1O. The summed E-state index contributed by atoms with van der Waals surface area (Å²) in [4.78, 5) is 27.7. The largest absolute Gasteiger partial charge is 0.390 e. The zero-order chi connectivity index (χ0) is 23.1. The number of rotatable bonds is 3. The van der Waals surface area contributed by atoms with Gasteiger partial charge in [-0.3, -0.25) is 9.59 Å².